The predicted molar refractivity (Wildman–Crippen MR) is 101 cm³/mol. The Balaban J connectivity index is 1.98. The highest BCUT2D eigenvalue weighted by Crippen LogP contribution is 2.27. The third kappa shape index (κ3) is 4.46. The van der Waals surface area contributed by atoms with Gasteiger partial charge in [0.25, 0.3) is 6.43 Å². The van der Waals surface area contributed by atoms with Crippen LogP contribution in [0.2, 0.25) is 5.02 Å². The molecule has 0 saturated carbocycles. The minimum absolute atomic E-state index is 0.0568. The van der Waals surface area contributed by atoms with E-state index in [-0.39, 0.29) is 27.9 Å². The quantitative estimate of drug-likeness (QED) is 0.629. The predicted octanol–water partition coefficient (Wildman–Crippen LogP) is 2.78. The van der Waals surface area contributed by atoms with E-state index < -0.39 is 28.9 Å². The summed E-state index contributed by atoms with van der Waals surface area (Å²) in [5.41, 5.74) is 0.779. The number of benzene rings is 2. The van der Waals surface area contributed by atoms with Crippen LogP contribution in [0.25, 0.3) is 10.9 Å². The summed E-state index contributed by atoms with van der Waals surface area (Å²) < 4.78 is 50.3. The molecule has 148 valence electrons. The lowest BCUT2D eigenvalue weighted by atomic mass is 10.1. The molecule has 0 saturated heterocycles. The summed E-state index contributed by atoms with van der Waals surface area (Å²) in [5.74, 6) is -0.465. The van der Waals surface area contributed by atoms with Crippen molar-refractivity contribution in [1.82, 2.24) is 9.78 Å². The Bertz CT molecular complexity index is 1150. The topological polar surface area (TPSA) is 107 Å². The fraction of sp³-hybridized carbons (Fsp3) is 0.176. The Morgan fingerprint density at radius 3 is 2.64 bits per heavy atom. The number of fused-ring (bicyclic) bond motifs is 1. The molecule has 3 N–H and O–H groups in total. The number of nitrogens with two attached hydrogens (primary N) is 1. The maximum atomic E-state index is 12.8. The highest BCUT2D eigenvalue weighted by Gasteiger charge is 2.19. The number of rotatable bonds is 6. The Kier molecular flexibility index (Phi) is 5.64. The molecule has 0 aliphatic rings. The molecule has 1 heterocycles. The smallest absolute Gasteiger partial charge is 0.257 e. The van der Waals surface area contributed by atoms with E-state index in [1.54, 1.807) is 24.3 Å². The number of nitrogens with one attached hydrogen (secondary N) is 1. The van der Waals surface area contributed by atoms with Crippen molar-refractivity contribution in [2.45, 2.75) is 24.3 Å². The van der Waals surface area contributed by atoms with Crippen LogP contribution >= 0.6 is 11.6 Å². The molecule has 1 amide bonds. The largest absolute Gasteiger partial charge is 0.326 e. The van der Waals surface area contributed by atoms with Crippen molar-refractivity contribution in [2.75, 3.05) is 5.32 Å². The minimum Gasteiger partial charge on any atom is -0.326 e. The SMILES string of the molecule is NS(=O)(=O)c1cc(NC(=O)Cc2ccccc2Cl)cc2c1cnn2CC(F)F. The first kappa shape index (κ1) is 20.2. The van der Waals surface area contributed by atoms with E-state index in [4.69, 9.17) is 16.7 Å². The summed E-state index contributed by atoms with van der Waals surface area (Å²) in [6, 6.07) is 9.29. The second-order valence-electron chi connectivity index (χ2n) is 5.99. The first-order valence-corrected chi connectivity index (χ1v) is 9.91. The van der Waals surface area contributed by atoms with E-state index in [0.29, 0.717) is 10.6 Å². The van der Waals surface area contributed by atoms with Crippen LogP contribution in [-0.4, -0.2) is 30.5 Å². The Morgan fingerprint density at radius 1 is 1.29 bits per heavy atom. The molecule has 0 atom stereocenters. The molecular formula is C17H15ClF2N4O3S. The van der Waals surface area contributed by atoms with E-state index in [1.165, 1.54) is 6.07 Å². The number of primary sulfonamides is 1. The van der Waals surface area contributed by atoms with Gasteiger partial charge in [-0.3, -0.25) is 9.48 Å². The van der Waals surface area contributed by atoms with Crippen molar-refractivity contribution < 1.29 is 22.0 Å². The Hall–Kier alpha value is -2.56. The molecule has 0 fully saturated rings. The minimum atomic E-state index is -4.18. The molecule has 11 heteroatoms. The molecule has 0 aliphatic carbocycles. The van der Waals surface area contributed by atoms with Crippen LogP contribution in [0.5, 0.6) is 0 Å². The average Bonchev–Trinajstić information content (AvgIpc) is 2.97. The molecule has 0 aliphatic heterocycles. The summed E-state index contributed by atoms with van der Waals surface area (Å²) in [4.78, 5) is 12.0. The monoisotopic (exact) mass is 428 g/mol. The van der Waals surface area contributed by atoms with Gasteiger partial charge < -0.3 is 5.32 Å². The normalized spacial score (nSPS) is 11.9. The number of anilines is 1. The number of hydrogen-bond acceptors (Lipinski definition) is 4. The molecule has 0 spiro atoms. The number of hydrogen-bond donors (Lipinski definition) is 2. The van der Waals surface area contributed by atoms with Gasteiger partial charge in [-0.15, -0.1) is 0 Å². The molecule has 2 aromatic carbocycles. The summed E-state index contributed by atoms with van der Waals surface area (Å²) >= 11 is 6.03. The van der Waals surface area contributed by atoms with E-state index in [0.717, 1.165) is 16.9 Å². The second-order valence-corrected chi connectivity index (χ2v) is 7.92. The molecule has 1 aromatic heterocycles. The summed E-state index contributed by atoms with van der Waals surface area (Å²) in [7, 11) is -4.18. The van der Waals surface area contributed by atoms with Gasteiger partial charge in [0, 0.05) is 16.1 Å². The van der Waals surface area contributed by atoms with Gasteiger partial charge in [-0.05, 0) is 23.8 Å². The fourth-order valence-corrected chi connectivity index (χ4v) is 3.71. The number of halogens is 3. The van der Waals surface area contributed by atoms with Crippen LogP contribution in [0, 0.1) is 0 Å². The van der Waals surface area contributed by atoms with Crippen molar-refractivity contribution in [3.05, 3.63) is 53.2 Å². The molecule has 28 heavy (non-hydrogen) atoms. The van der Waals surface area contributed by atoms with Crippen molar-refractivity contribution in [3.8, 4) is 0 Å². The van der Waals surface area contributed by atoms with Crippen molar-refractivity contribution in [1.29, 1.82) is 0 Å². The summed E-state index contributed by atoms with van der Waals surface area (Å²) in [5, 5.41) is 12.1. The second kappa shape index (κ2) is 7.82. The standard InChI is InChI=1S/C17H15ClF2N4O3S/c18-13-4-2-1-3-10(13)5-17(25)23-11-6-14-12(15(7-11)28(21,26)27)8-22-24(14)9-16(19)20/h1-4,6-8,16H,5,9H2,(H,23,25)(H2,21,26,27). The van der Waals surface area contributed by atoms with Crippen molar-refractivity contribution in [3.63, 3.8) is 0 Å². The number of amides is 1. The molecule has 7 nitrogen and oxygen atoms in total. The number of alkyl halides is 2. The molecule has 3 rings (SSSR count). The first-order valence-electron chi connectivity index (χ1n) is 7.99. The number of carbonyl (C=O) groups excluding carboxylic acids is 1. The Labute approximate surface area is 164 Å². The van der Waals surface area contributed by atoms with Crippen LogP contribution in [-0.2, 0) is 27.8 Å². The first-order chi connectivity index (χ1) is 13.1. The zero-order valence-corrected chi connectivity index (χ0v) is 15.8. The molecule has 0 bridgehead atoms. The number of nitrogens with zero attached hydrogens (tertiary/aromatic N) is 2. The van der Waals surface area contributed by atoms with Gasteiger partial charge in [-0.25, -0.2) is 22.3 Å². The van der Waals surface area contributed by atoms with Crippen molar-refractivity contribution >= 4 is 44.1 Å². The van der Waals surface area contributed by atoms with E-state index in [1.807, 2.05) is 0 Å². The van der Waals surface area contributed by atoms with Gasteiger partial charge in [-0.1, -0.05) is 29.8 Å². The van der Waals surface area contributed by atoms with Gasteiger partial charge in [0.05, 0.1) is 23.0 Å². The van der Waals surface area contributed by atoms with E-state index in [2.05, 4.69) is 10.4 Å². The van der Waals surface area contributed by atoms with Crippen molar-refractivity contribution in [2.24, 2.45) is 5.14 Å². The van der Waals surface area contributed by atoms with Gasteiger partial charge in [0.1, 0.15) is 6.54 Å². The maximum absolute atomic E-state index is 12.8. The van der Waals surface area contributed by atoms with Gasteiger partial charge >= 0.3 is 0 Å². The summed E-state index contributed by atoms with van der Waals surface area (Å²) in [6.45, 7) is -0.732. The van der Waals surface area contributed by atoms with Gasteiger partial charge in [0.2, 0.25) is 15.9 Å². The van der Waals surface area contributed by atoms with E-state index >= 15 is 0 Å². The van der Waals surface area contributed by atoms with Crippen LogP contribution in [0.15, 0.2) is 47.5 Å². The Morgan fingerprint density at radius 2 is 2.00 bits per heavy atom. The lowest BCUT2D eigenvalue weighted by Crippen LogP contribution is -2.17. The zero-order valence-electron chi connectivity index (χ0n) is 14.3. The maximum Gasteiger partial charge on any atom is 0.257 e. The van der Waals surface area contributed by atoms with Gasteiger partial charge in [0.15, 0.2) is 0 Å². The lowest BCUT2D eigenvalue weighted by Gasteiger charge is -2.10. The lowest BCUT2D eigenvalue weighted by molar-refractivity contribution is -0.115. The molecule has 0 radical (unpaired) electrons. The molecule has 3 aromatic rings. The highest BCUT2D eigenvalue weighted by molar-refractivity contribution is 7.89. The fourth-order valence-electron chi connectivity index (χ4n) is 2.75. The average molecular weight is 429 g/mol. The number of carbonyl (C=O) groups is 1. The van der Waals surface area contributed by atoms with E-state index in [9.17, 15) is 22.0 Å². The summed E-state index contributed by atoms with van der Waals surface area (Å²) in [6.07, 6.45) is -1.61. The number of sulfonamides is 1. The zero-order chi connectivity index (χ0) is 20.5. The van der Waals surface area contributed by atoms with Crippen LogP contribution in [0.4, 0.5) is 14.5 Å². The third-order valence-electron chi connectivity index (χ3n) is 3.93. The van der Waals surface area contributed by atoms with Crippen LogP contribution in [0.3, 0.4) is 0 Å². The molecular weight excluding hydrogens is 414 g/mol. The number of aromatic nitrogens is 2. The van der Waals surface area contributed by atoms with Crippen LogP contribution < -0.4 is 10.5 Å². The van der Waals surface area contributed by atoms with Crippen LogP contribution in [0.1, 0.15) is 5.56 Å². The molecule has 0 unspecified atom stereocenters. The van der Waals surface area contributed by atoms with Gasteiger partial charge in [-0.2, -0.15) is 5.10 Å². The third-order valence-corrected chi connectivity index (χ3v) is 5.25. The highest BCUT2D eigenvalue weighted by atomic mass is 35.5.